The van der Waals surface area contributed by atoms with Crippen LogP contribution in [0.1, 0.15) is 25.8 Å². The Hall–Kier alpha value is -2.15. The van der Waals surface area contributed by atoms with E-state index in [0.29, 0.717) is 17.6 Å². The van der Waals surface area contributed by atoms with Crippen LogP contribution in [-0.2, 0) is 9.53 Å². The molecule has 0 saturated heterocycles. The highest BCUT2D eigenvalue weighted by Crippen LogP contribution is 2.23. The first kappa shape index (κ1) is 13.9. The standard InChI is InChI=1S/C14H14FNO2/c1-3-12(10-5-7-11(15)8-6-10)13(9-16)14(17)18-4-2/h5-8H,3-4H2,1-2H3/b13-12-. The van der Waals surface area contributed by atoms with E-state index in [1.54, 1.807) is 19.1 Å². The van der Waals surface area contributed by atoms with Gasteiger partial charge in [-0.15, -0.1) is 0 Å². The van der Waals surface area contributed by atoms with Gasteiger partial charge in [0, 0.05) is 0 Å². The highest BCUT2D eigenvalue weighted by Gasteiger charge is 2.16. The normalized spacial score (nSPS) is 11.4. The average molecular weight is 247 g/mol. The summed E-state index contributed by atoms with van der Waals surface area (Å²) in [5.74, 6) is -0.995. The molecule has 1 rings (SSSR count). The lowest BCUT2D eigenvalue weighted by Crippen LogP contribution is -2.08. The van der Waals surface area contributed by atoms with Crippen molar-refractivity contribution in [1.82, 2.24) is 0 Å². The molecular formula is C14H14FNO2. The summed E-state index contributed by atoms with van der Waals surface area (Å²) in [4.78, 5) is 11.6. The van der Waals surface area contributed by atoms with E-state index in [4.69, 9.17) is 10.00 Å². The minimum Gasteiger partial charge on any atom is -0.462 e. The van der Waals surface area contributed by atoms with Gasteiger partial charge in [-0.3, -0.25) is 0 Å². The molecule has 0 radical (unpaired) electrons. The van der Waals surface area contributed by atoms with Gasteiger partial charge in [-0.2, -0.15) is 5.26 Å². The number of nitrogens with zero attached hydrogens (tertiary/aromatic N) is 1. The molecule has 4 heteroatoms. The van der Waals surface area contributed by atoms with E-state index >= 15 is 0 Å². The molecule has 0 saturated carbocycles. The summed E-state index contributed by atoms with van der Waals surface area (Å²) in [6, 6.07) is 7.55. The van der Waals surface area contributed by atoms with Gasteiger partial charge in [-0.25, -0.2) is 9.18 Å². The molecule has 0 heterocycles. The molecular weight excluding hydrogens is 233 g/mol. The minimum absolute atomic E-state index is 0.0223. The molecule has 0 spiro atoms. The molecule has 3 nitrogen and oxygen atoms in total. The van der Waals surface area contributed by atoms with Gasteiger partial charge in [-0.1, -0.05) is 19.1 Å². The van der Waals surface area contributed by atoms with Crippen LogP contribution < -0.4 is 0 Å². The fourth-order valence-electron chi connectivity index (χ4n) is 1.62. The zero-order valence-corrected chi connectivity index (χ0v) is 10.4. The van der Waals surface area contributed by atoms with Crippen molar-refractivity contribution in [3.05, 3.63) is 41.2 Å². The Morgan fingerprint density at radius 1 is 1.33 bits per heavy atom. The summed E-state index contributed by atoms with van der Waals surface area (Å²) in [6.07, 6.45) is 0.493. The zero-order chi connectivity index (χ0) is 13.5. The van der Waals surface area contributed by atoms with Gasteiger partial charge in [0.15, 0.2) is 0 Å². The fourth-order valence-corrected chi connectivity index (χ4v) is 1.62. The van der Waals surface area contributed by atoms with Crippen molar-refractivity contribution in [2.45, 2.75) is 20.3 Å². The largest absolute Gasteiger partial charge is 0.462 e. The molecule has 0 N–H and O–H groups in total. The Kier molecular flexibility index (Phi) is 5.06. The van der Waals surface area contributed by atoms with Gasteiger partial charge in [-0.05, 0) is 36.6 Å². The van der Waals surface area contributed by atoms with Crippen LogP contribution in [-0.4, -0.2) is 12.6 Å². The van der Waals surface area contributed by atoms with E-state index in [9.17, 15) is 9.18 Å². The molecule has 0 fully saturated rings. The maximum atomic E-state index is 12.8. The maximum Gasteiger partial charge on any atom is 0.349 e. The van der Waals surface area contributed by atoms with Gasteiger partial charge in [0.05, 0.1) is 6.61 Å². The van der Waals surface area contributed by atoms with Crippen LogP contribution in [0.25, 0.3) is 5.57 Å². The number of allylic oxidation sites excluding steroid dienone is 1. The van der Waals surface area contributed by atoms with E-state index in [1.807, 2.05) is 13.0 Å². The number of carbonyl (C=O) groups is 1. The second kappa shape index (κ2) is 6.55. The quantitative estimate of drug-likeness (QED) is 0.466. The molecule has 0 amide bonds. The predicted molar refractivity (Wildman–Crippen MR) is 65.9 cm³/mol. The van der Waals surface area contributed by atoms with E-state index in [-0.39, 0.29) is 18.0 Å². The van der Waals surface area contributed by atoms with Gasteiger partial charge in [0.1, 0.15) is 17.5 Å². The second-order valence-corrected chi connectivity index (χ2v) is 3.55. The summed E-state index contributed by atoms with van der Waals surface area (Å²) in [5.41, 5.74) is 1.20. The smallest absolute Gasteiger partial charge is 0.349 e. The van der Waals surface area contributed by atoms with Gasteiger partial charge < -0.3 is 4.74 Å². The van der Waals surface area contributed by atoms with Crippen molar-refractivity contribution < 1.29 is 13.9 Å². The topological polar surface area (TPSA) is 50.1 Å². The SMILES string of the molecule is CCOC(=O)/C(C#N)=C(/CC)c1ccc(F)cc1. The van der Waals surface area contributed by atoms with Crippen LogP contribution in [0.5, 0.6) is 0 Å². The Balaban J connectivity index is 3.24. The zero-order valence-electron chi connectivity index (χ0n) is 10.4. The maximum absolute atomic E-state index is 12.8. The molecule has 0 aliphatic heterocycles. The first-order valence-electron chi connectivity index (χ1n) is 5.70. The number of rotatable bonds is 4. The lowest BCUT2D eigenvalue weighted by atomic mass is 9.98. The Bertz CT molecular complexity index is 498. The first-order chi connectivity index (χ1) is 8.63. The first-order valence-corrected chi connectivity index (χ1v) is 5.70. The minimum atomic E-state index is -0.638. The Morgan fingerprint density at radius 3 is 2.39 bits per heavy atom. The molecule has 0 unspecified atom stereocenters. The number of hydrogen-bond donors (Lipinski definition) is 0. The third-order valence-corrected chi connectivity index (χ3v) is 2.44. The number of hydrogen-bond acceptors (Lipinski definition) is 3. The summed E-state index contributed by atoms with van der Waals surface area (Å²) < 4.78 is 17.7. The highest BCUT2D eigenvalue weighted by atomic mass is 19.1. The molecule has 18 heavy (non-hydrogen) atoms. The van der Waals surface area contributed by atoms with Gasteiger partial charge >= 0.3 is 5.97 Å². The van der Waals surface area contributed by atoms with Crippen molar-refractivity contribution in [2.75, 3.05) is 6.61 Å². The van der Waals surface area contributed by atoms with Crippen LogP contribution in [0, 0.1) is 17.1 Å². The third-order valence-electron chi connectivity index (χ3n) is 2.44. The summed E-state index contributed by atoms with van der Waals surface area (Å²) in [7, 11) is 0. The van der Waals surface area contributed by atoms with Crippen molar-refractivity contribution in [1.29, 1.82) is 5.26 Å². The van der Waals surface area contributed by atoms with Crippen LogP contribution in [0.2, 0.25) is 0 Å². The van der Waals surface area contributed by atoms with Gasteiger partial charge in [0.25, 0.3) is 0 Å². The molecule has 0 aromatic heterocycles. The number of nitriles is 1. The van der Waals surface area contributed by atoms with Crippen molar-refractivity contribution >= 4 is 11.5 Å². The van der Waals surface area contributed by atoms with E-state index in [2.05, 4.69) is 0 Å². The van der Waals surface area contributed by atoms with Crippen molar-refractivity contribution in [2.24, 2.45) is 0 Å². The number of carbonyl (C=O) groups excluding carboxylic acids is 1. The second-order valence-electron chi connectivity index (χ2n) is 3.55. The van der Waals surface area contributed by atoms with E-state index < -0.39 is 5.97 Å². The van der Waals surface area contributed by atoms with Crippen LogP contribution in [0.15, 0.2) is 29.8 Å². The average Bonchev–Trinajstić information content (AvgIpc) is 2.37. The Morgan fingerprint density at radius 2 is 1.94 bits per heavy atom. The monoisotopic (exact) mass is 247 g/mol. The third kappa shape index (κ3) is 3.17. The molecule has 0 bridgehead atoms. The summed E-state index contributed by atoms with van der Waals surface area (Å²) >= 11 is 0. The number of benzene rings is 1. The van der Waals surface area contributed by atoms with E-state index in [1.165, 1.54) is 12.1 Å². The lowest BCUT2D eigenvalue weighted by Gasteiger charge is -2.08. The number of esters is 1. The van der Waals surface area contributed by atoms with Crippen molar-refractivity contribution in [3.63, 3.8) is 0 Å². The Labute approximate surface area is 105 Å². The van der Waals surface area contributed by atoms with Crippen LogP contribution in [0.4, 0.5) is 4.39 Å². The van der Waals surface area contributed by atoms with Crippen molar-refractivity contribution in [3.8, 4) is 6.07 Å². The molecule has 0 aliphatic rings. The number of halogens is 1. The lowest BCUT2D eigenvalue weighted by molar-refractivity contribution is -0.137. The number of ether oxygens (including phenoxy) is 1. The van der Waals surface area contributed by atoms with E-state index in [0.717, 1.165) is 0 Å². The molecule has 0 aliphatic carbocycles. The molecule has 1 aromatic carbocycles. The summed E-state index contributed by atoms with van der Waals surface area (Å²) in [6.45, 7) is 3.72. The highest BCUT2D eigenvalue weighted by molar-refractivity contribution is 6.01. The van der Waals surface area contributed by atoms with Crippen LogP contribution in [0.3, 0.4) is 0 Å². The molecule has 0 atom stereocenters. The predicted octanol–water partition coefficient (Wildman–Crippen LogP) is 3.08. The van der Waals surface area contributed by atoms with Crippen LogP contribution >= 0.6 is 0 Å². The molecule has 1 aromatic rings. The van der Waals surface area contributed by atoms with Gasteiger partial charge in [0.2, 0.25) is 0 Å². The fraction of sp³-hybridized carbons (Fsp3) is 0.286. The molecule has 94 valence electrons. The summed E-state index contributed by atoms with van der Waals surface area (Å²) in [5, 5.41) is 9.06.